The van der Waals surface area contributed by atoms with E-state index in [1.165, 1.54) is 5.56 Å². The molecular formula is C20H25NO3. The molecule has 0 aliphatic rings. The summed E-state index contributed by atoms with van der Waals surface area (Å²) >= 11 is 0. The van der Waals surface area contributed by atoms with Crippen molar-refractivity contribution in [1.29, 1.82) is 0 Å². The van der Waals surface area contributed by atoms with Gasteiger partial charge in [0, 0.05) is 5.56 Å². The van der Waals surface area contributed by atoms with Crippen molar-refractivity contribution in [3.05, 3.63) is 52.4 Å². The summed E-state index contributed by atoms with van der Waals surface area (Å²) in [5.41, 5.74) is 4.36. The molecule has 0 amide bonds. The molecule has 2 rings (SSSR count). The monoisotopic (exact) mass is 327 g/mol. The predicted molar refractivity (Wildman–Crippen MR) is 98.0 cm³/mol. The summed E-state index contributed by atoms with van der Waals surface area (Å²) in [7, 11) is 3.24. The molecule has 128 valence electrons. The van der Waals surface area contributed by atoms with Crippen molar-refractivity contribution in [1.82, 2.24) is 0 Å². The summed E-state index contributed by atoms with van der Waals surface area (Å²) in [5.74, 6) is 1.35. The van der Waals surface area contributed by atoms with Gasteiger partial charge in [-0.25, -0.2) is 0 Å². The summed E-state index contributed by atoms with van der Waals surface area (Å²) in [6, 6.07) is 12.5. The molecule has 0 spiro atoms. The number of nitrogens with zero attached hydrogens (tertiary/aromatic N) is 1. The van der Waals surface area contributed by atoms with Gasteiger partial charge in [-0.3, -0.25) is 0 Å². The van der Waals surface area contributed by atoms with E-state index >= 15 is 0 Å². The Bertz CT molecular complexity index is 700. The smallest absolute Gasteiger partial charge is 0.168 e. The molecule has 2 aromatic rings. The van der Waals surface area contributed by atoms with E-state index in [0.29, 0.717) is 17.9 Å². The fourth-order valence-corrected chi connectivity index (χ4v) is 2.77. The number of benzene rings is 2. The summed E-state index contributed by atoms with van der Waals surface area (Å²) in [5, 5.41) is 2.93. The largest absolute Gasteiger partial charge is 0.493 e. The standard InChI is InChI=1S/C20H25NO3/c1-20(2,3)16-9-6-14(7-10-16)17-11-8-15(12-13-21-22)18(23-4)19(17)24-5/h6-11H,12-13H2,1-5H3. The lowest BCUT2D eigenvalue weighted by Gasteiger charge is -2.20. The van der Waals surface area contributed by atoms with Crippen molar-refractivity contribution < 1.29 is 9.47 Å². The fourth-order valence-electron chi connectivity index (χ4n) is 2.77. The second kappa shape index (κ2) is 7.47. The molecule has 0 aromatic heterocycles. The van der Waals surface area contributed by atoms with E-state index in [1.54, 1.807) is 14.2 Å². The van der Waals surface area contributed by atoms with Crippen molar-refractivity contribution in [2.24, 2.45) is 5.18 Å². The summed E-state index contributed by atoms with van der Waals surface area (Å²) in [6.45, 7) is 6.81. The minimum absolute atomic E-state index is 0.117. The van der Waals surface area contributed by atoms with Crippen molar-refractivity contribution in [3.8, 4) is 22.6 Å². The minimum Gasteiger partial charge on any atom is -0.493 e. The number of methoxy groups -OCH3 is 2. The first-order valence-electron chi connectivity index (χ1n) is 8.06. The number of hydrogen-bond donors (Lipinski definition) is 0. The lowest BCUT2D eigenvalue weighted by atomic mass is 9.86. The normalized spacial score (nSPS) is 11.2. The van der Waals surface area contributed by atoms with Crippen LogP contribution in [0.15, 0.2) is 41.6 Å². The van der Waals surface area contributed by atoms with Gasteiger partial charge in [-0.2, -0.15) is 4.91 Å². The molecule has 4 heteroatoms. The molecule has 4 nitrogen and oxygen atoms in total. The number of rotatable bonds is 6. The molecule has 2 aromatic carbocycles. The van der Waals surface area contributed by atoms with E-state index in [-0.39, 0.29) is 12.0 Å². The number of nitroso groups, excluding NO2 is 1. The van der Waals surface area contributed by atoms with Gasteiger partial charge in [0.25, 0.3) is 0 Å². The van der Waals surface area contributed by atoms with Crippen LogP contribution < -0.4 is 9.47 Å². The van der Waals surface area contributed by atoms with Gasteiger partial charge in [0.1, 0.15) is 0 Å². The molecule has 0 fully saturated rings. The molecule has 0 N–H and O–H groups in total. The van der Waals surface area contributed by atoms with E-state index < -0.39 is 0 Å². The van der Waals surface area contributed by atoms with Crippen LogP contribution in [0.5, 0.6) is 11.5 Å². The zero-order valence-corrected chi connectivity index (χ0v) is 15.1. The molecule has 0 bridgehead atoms. The molecule has 24 heavy (non-hydrogen) atoms. The van der Waals surface area contributed by atoms with Crippen LogP contribution >= 0.6 is 0 Å². The molecule has 0 heterocycles. The molecule has 0 saturated heterocycles. The first-order chi connectivity index (χ1) is 11.4. The minimum atomic E-state index is 0.117. The Hall–Kier alpha value is -2.36. The highest BCUT2D eigenvalue weighted by Crippen LogP contribution is 2.41. The molecule has 0 atom stereocenters. The van der Waals surface area contributed by atoms with E-state index in [0.717, 1.165) is 16.7 Å². The van der Waals surface area contributed by atoms with Gasteiger partial charge < -0.3 is 9.47 Å². The van der Waals surface area contributed by atoms with Crippen LogP contribution in [-0.2, 0) is 11.8 Å². The summed E-state index contributed by atoms with van der Waals surface area (Å²) in [6.07, 6.45) is 0.534. The Labute approximate surface area is 143 Å². The number of hydrogen-bond acceptors (Lipinski definition) is 4. The van der Waals surface area contributed by atoms with Gasteiger partial charge in [-0.1, -0.05) is 62.3 Å². The zero-order chi connectivity index (χ0) is 17.7. The lowest BCUT2D eigenvalue weighted by Crippen LogP contribution is -2.10. The van der Waals surface area contributed by atoms with E-state index in [4.69, 9.17) is 9.47 Å². The SMILES string of the molecule is COc1c(CCN=O)ccc(-c2ccc(C(C)(C)C)cc2)c1OC. The van der Waals surface area contributed by atoms with Crippen LogP contribution in [0.1, 0.15) is 31.9 Å². The van der Waals surface area contributed by atoms with E-state index in [1.807, 2.05) is 12.1 Å². The van der Waals surface area contributed by atoms with Crippen LogP contribution in [0, 0.1) is 4.91 Å². The number of ether oxygens (including phenoxy) is 2. The van der Waals surface area contributed by atoms with Crippen LogP contribution in [0.25, 0.3) is 11.1 Å². The maximum atomic E-state index is 10.4. The van der Waals surface area contributed by atoms with Crippen LogP contribution in [0.2, 0.25) is 0 Å². The Morgan fingerprint density at radius 1 is 0.917 bits per heavy atom. The van der Waals surface area contributed by atoms with Gasteiger partial charge in [0.2, 0.25) is 0 Å². The predicted octanol–water partition coefficient (Wildman–Crippen LogP) is 4.98. The zero-order valence-electron chi connectivity index (χ0n) is 15.1. The maximum absolute atomic E-state index is 10.4. The van der Waals surface area contributed by atoms with Gasteiger partial charge >= 0.3 is 0 Å². The first-order valence-corrected chi connectivity index (χ1v) is 8.06. The quantitative estimate of drug-likeness (QED) is 0.703. The van der Waals surface area contributed by atoms with Crippen molar-refractivity contribution in [3.63, 3.8) is 0 Å². The first kappa shape index (κ1) is 18.0. The Morgan fingerprint density at radius 2 is 1.54 bits per heavy atom. The maximum Gasteiger partial charge on any atom is 0.168 e. The summed E-state index contributed by atoms with van der Waals surface area (Å²) < 4.78 is 11.1. The van der Waals surface area contributed by atoms with Crippen LogP contribution in [0.3, 0.4) is 0 Å². The van der Waals surface area contributed by atoms with Crippen molar-refractivity contribution in [2.75, 3.05) is 20.8 Å². The van der Waals surface area contributed by atoms with E-state index in [9.17, 15) is 4.91 Å². The highest BCUT2D eigenvalue weighted by Gasteiger charge is 2.18. The third kappa shape index (κ3) is 3.75. The van der Waals surface area contributed by atoms with Crippen LogP contribution in [0.4, 0.5) is 0 Å². The van der Waals surface area contributed by atoms with Gasteiger partial charge in [0.05, 0.1) is 20.8 Å². The average Bonchev–Trinajstić information content (AvgIpc) is 2.58. The summed E-state index contributed by atoms with van der Waals surface area (Å²) in [4.78, 5) is 10.4. The lowest BCUT2D eigenvalue weighted by molar-refractivity contribution is 0.353. The van der Waals surface area contributed by atoms with Crippen molar-refractivity contribution >= 4 is 0 Å². The fraction of sp³-hybridized carbons (Fsp3) is 0.400. The molecule has 0 radical (unpaired) electrons. The van der Waals surface area contributed by atoms with Crippen molar-refractivity contribution in [2.45, 2.75) is 32.6 Å². The molecule has 0 unspecified atom stereocenters. The highest BCUT2D eigenvalue weighted by molar-refractivity contribution is 5.75. The third-order valence-corrected chi connectivity index (χ3v) is 4.14. The van der Waals surface area contributed by atoms with E-state index in [2.05, 4.69) is 50.2 Å². The molecule has 0 aliphatic carbocycles. The van der Waals surface area contributed by atoms with Gasteiger partial charge in [-0.05, 0) is 28.5 Å². The highest BCUT2D eigenvalue weighted by atomic mass is 16.5. The molecular weight excluding hydrogens is 302 g/mol. The molecule has 0 aliphatic heterocycles. The topological polar surface area (TPSA) is 47.9 Å². The molecule has 0 saturated carbocycles. The van der Waals surface area contributed by atoms with Gasteiger partial charge in [0.15, 0.2) is 11.5 Å². The van der Waals surface area contributed by atoms with Crippen LogP contribution in [-0.4, -0.2) is 20.8 Å². The third-order valence-electron chi connectivity index (χ3n) is 4.14. The Kier molecular flexibility index (Phi) is 5.60. The Morgan fingerprint density at radius 3 is 2.04 bits per heavy atom. The second-order valence-electron chi connectivity index (χ2n) is 6.77. The average molecular weight is 327 g/mol. The van der Waals surface area contributed by atoms with Gasteiger partial charge in [-0.15, -0.1) is 0 Å². The second-order valence-corrected chi connectivity index (χ2v) is 6.77. The Balaban J connectivity index is 2.48.